The molecule has 0 amide bonds. The van der Waals surface area contributed by atoms with Crippen molar-refractivity contribution in [3.63, 3.8) is 0 Å². The molecule has 1 fully saturated rings. The first-order chi connectivity index (χ1) is 8.98. The predicted octanol–water partition coefficient (Wildman–Crippen LogP) is 1.07. The Labute approximate surface area is 114 Å². The van der Waals surface area contributed by atoms with Gasteiger partial charge in [0, 0.05) is 18.4 Å². The van der Waals surface area contributed by atoms with Crippen LogP contribution in [0.1, 0.15) is 26.3 Å². The predicted molar refractivity (Wildman–Crippen MR) is 71.4 cm³/mol. The van der Waals surface area contributed by atoms with E-state index in [1.165, 1.54) is 0 Å². The third kappa shape index (κ3) is 4.87. The third-order valence-electron chi connectivity index (χ3n) is 2.75. The summed E-state index contributed by atoms with van der Waals surface area (Å²) in [6.45, 7) is 6.03. The van der Waals surface area contributed by atoms with Crippen LogP contribution in [0.25, 0.3) is 0 Å². The van der Waals surface area contributed by atoms with Crippen LogP contribution in [0.2, 0.25) is 0 Å². The van der Waals surface area contributed by atoms with Gasteiger partial charge in [0.05, 0.1) is 12.2 Å². The second-order valence-corrected chi connectivity index (χ2v) is 5.77. The van der Waals surface area contributed by atoms with Crippen LogP contribution in [0.4, 0.5) is 0 Å². The second kappa shape index (κ2) is 5.96. The number of hydrogen-bond donors (Lipinski definition) is 2. The average molecular weight is 266 g/mol. The minimum absolute atomic E-state index is 0.0526. The number of ether oxygens (including phenoxy) is 2. The summed E-state index contributed by atoms with van der Waals surface area (Å²) in [4.78, 5) is 4.06. The van der Waals surface area contributed by atoms with E-state index in [0.717, 1.165) is 5.56 Å². The lowest BCUT2D eigenvalue weighted by Crippen LogP contribution is -2.38. The molecule has 106 valence electrons. The fraction of sp³-hybridized carbons (Fsp3) is 0.643. The van der Waals surface area contributed by atoms with Gasteiger partial charge in [-0.15, -0.1) is 0 Å². The van der Waals surface area contributed by atoms with Crippen molar-refractivity contribution >= 4 is 0 Å². The largest absolute Gasteiger partial charge is 0.395 e. The summed E-state index contributed by atoms with van der Waals surface area (Å²) in [5.74, 6) is 0. The standard InChI is InChI=1S/C14H22N2O3/c1-14(2,3)19-13-12(18-13)16-11(9-17)7-10-5-4-6-15-8-10/h4-6,8,11-13,16-17H,7,9H2,1-3H3/t11-,12?,13?/m0/s1. The van der Waals surface area contributed by atoms with Crippen molar-refractivity contribution in [1.29, 1.82) is 0 Å². The van der Waals surface area contributed by atoms with Crippen molar-refractivity contribution in [2.45, 2.75) is 51.4 Å². The van der Waals surface area contributed by atoms with Crippen molar-refractivity contribution in [3.8, 4) is 0 Å². The highest BCUT2D eigenvalue weighted by atomic mass is 16.8. The Morgan fingerprint density at radius 3 is 2.89 bits per heavy atom. The van der Waals surface area contributed by atoms with E-state index in [9.17, 15) is 5.11 Å². The Morgan fingerprint density at radius 1 is 1.53 bits per heavy atom. The molecule has 5 heteroatoms. The highest BCUT2D eigenvalue weighted by Crippen LogP contribution is 2.26. The maximum Gasteiger partial charge on any atom is 0.200 e. The molecule has 0 saturated carbocycles. The van der Waals surface area contributed by atoms with Gasteiger partial charge in [-0.05, 0) is 38.8 Å². The second-order valence-electron chi connectivity index (χ2n) is 5.77. The molecule has 1 saturated heterocycles. The zero-order chi connectivity index (χ0) is 13.9. The SMILES string of the molecule is CC(C)(C)OC1OC1N[C@H](CO)Cc1cccnc1. The number of rotatable bonds is 6. The molecule has 1 aliphatic rings. The van der Waals surface area contributed by atoms with E-state index >= 15 is 0 Å². The Morgan fingerprint density at radius 2 is 2.32 bits per heavy atom. The molecule has 0 aliphatic carbocycles. The summed E-state index contributed by atoms with van der Waals surface area (Å²) in [6, 6.07) is 3.83. The van der Waals surface area contributed by atoms with Gasteiger partial charge in [-0.25, -0.2) is 0 Å². The summed E-state index contributed by atoms with van der Waals surface area (Å²) in [7, 11) is 0. The Bertz CT molecular complexity index is 391. The molecule has 0 spiro atoms. The van der Waals surface area contributed by atoms with Gasteiger partial charge in [-0.3, -0.25) is 10.3 Å². The number of aliphatic hydroxyl groups is 1. The van der Waals surface area contributed by atoms with E-state index in [1.807, 2.05) is 32.9 Å². The van der Waals surface area contributed by atoms with Crippen LogP contribution in [-0.2, 0) is 15.9 Å². The number of nitrogens with one attached hydrogen (secondary N) is 1. The van der Waals surface area contributed by atoms with Crippen molar-refractivity contribution in [1.82, 2.24) is 10.3 Å². The summed E-state index contributed by atoms with van der Waals surface area (Å²) < 4.78 is 11.1. The molecule has 5 nitrogen and oxygen atoms in total. The van der Waals surface area contributed by atoms with Crippen LogP contribution in [0, 0.1) is 0 Å². The summed E-state index contributed by atoms with van der Waals surface area (Å²) in [6.07, 6.45) is 3.91. The normalized spacial score (nSPS) is 24.2. The molecule has 2 unspecified atom stereocenters. The molecule has 0 radical (unpaired) electrons. The third-order valence-corrected chi connectivity index (χ3v) is 2.75. The molecular weight excluding hydrogens is 244 g/mol. The number of aromatic nitrogens is 1. The summed E-state index contributed by atoms with van der Waals surface area (Å²) in [5.41, 5.74) is 0.863. The average Bonchev–Trinajstić information content (AvgIpc) is 3.05. The fourth-order valence-corrected chi connectivity index (χ4v) is 1.87. The molecule has 2 rings (SSSR count). The van der Waals surface area contributed by atoms with Gasteiger partial charge in [0.2, 0.25) is 0 Å². The van der Waals surface area contributed by atoms with Crippen LogP contribution in [0.3, 0.4) is 0 Å². The number of pyridine rings is 1. The van der Waals surface area contributed by atoms with Gasteiger partial charge >= 0.3 is 0 Å². The molecule has 1 aromatic rings. The highest BCUT2D eigenvalue weighted by Gasteiger charge is 2.43. The Kier molecular flexibility index (Phi) is 4.52. The zero-order valence-electron chi connectivity index (χ0n) is 11.7. The number of hydrogen-bond acceptors (Lipinski definition) is 5. The quantitative estimate of drug-likeness (QED) is 0.754. The topological polar surface area (TPSA) is 66.9 Å². The number of epoxide rings is 1. The van der Waals surface area contributed by atoms with Crippen molar-refractivity contribution in [2.24, 2.45) is 0 Å². The van der Waals surface area contributed by atoms with Gasteiger partial charge in [0.1, 0.15) is 0 Å². The molecular formula is C14H22N2O3. The number of nitrogens with zero attached hydrogens (tertiary/aromatic N) is 1. The van der Waals surface area contributed by atoms with E-state index in [1.54, 1.807) is 12.4 Å². The maximum atomic E-state index is 9.40. The molecule has 1 aromatic heterocycles. The fourth-order valence-electron chi connectivity index (χ4n) is 1.87. The first-order valence-corrected chi connectivity index (χ1v) is 6.57. The minimum Gasteiger partial charge on any atom is -0.395 e. The van der Waals surface area contributed by atoms with Crippen LogP contribution < -0.4 is 5.32 Å². The lowest BCUT2D eigenvalue weighted by molar-refractivity contribution is -0.0571. The molecule has 3 atom stereocenters. The van der Waals surface area contributed by atoms with Crippen LogP contribution >= 0.6 is 0 Å². The molecule has 1 aliphatic heterocycles. The van der Waals surface area contributed by atoms with Gasteiger partial charge in [0.15, 0.2) is 12.5 Å². The van der Waals surface area contributed by atoms with E-state index in [2.05, 4.69) is 10.3 Å². The van der Waals surface area contributed by atoms with Crippen LogP contribution in [0.15, 0.2) is 24.5 Å². The number of aliphatic hydroxyl groups excluding tert-OH is 1. The minimum atomic E-state index is -0.223. The van der Waals surface area contributed by atoms with E-state index in [0.29, 0.717) is 6.42 Å². The Balaban J connectivity index is 1.78. The van der Waals surface area contributed by atoms with Gasteiger partial charge in [-0.1, -0.05) is 6.07 Å². The molecule has 19 heavy (non-hydrogen) atoms. The first-order valence-electron chi connectivity index (χ1n) is 6.57. The van der Waals surface area contributed by atoms with Crippen molar-refractivity contribution < 1.29 is 14.6 Å². The molecule has 2 heterocycles. The molecule has 2 N–H and O–H groups in total. The maximum absolute atomic E-state index is 9.40. The lowest BCUT2D eigenvalue weighted by atomic mass is 10.1. The highest BCUT2D eigenvalue weighted by molar-refractivity contribution is 5.10. The van der Waals surface area contributed by atoms with Gasteiger partial charge in [-0.2, -0.15) is 0 Å². The smallest absolute Gasteiger partial charge is 0.200 e. The monoisotopic (exact) mass is 266 g/mol. The molecule has 0 aromatic carbocycles. The van der Waals surface area contributed by atoms with Crippen molar-refractivity contribution in [3.05, 3.63) is 30.1 Å². The van der Waals surface area contributed by atoms with Crippen LogP contribution in [0.5, 0.6) is 0 Å². The van der Waals surface area contributed by atoms with E-state index in [-0.39, 0.29) is 30.8 Å². The lowest BCUT2D eigenvalue weighted by Gasteiger charge is -2.18. The van der Waals surface area contributed by atoms with Gasteiger partial charge < -0.3 is 14.6 Å². The van der Waals surface area contributed by atoms with E-state index < -0.39 is 0 Å². The zero-order valence-corrected chi connectivity index (χ0v) is 11.7. The first kappa shape index (κ1) is 14.4. The molecule has 0 bridgehead atoms. The summed E-state index contributed by atoms with van der Waals surface area (Å²) in [5, 5.41) is 12.6. The summed E-state index contributed by atoms with van der Waals surface area (Å²) >= 11 is 0. The van der Waals surface area contributed by atoms with Crippen molar-refractivity contribution in [2.75, 3.05) is 6.61 Å². The van der Waals surface area contributed by atoms with E-state index in [4.69, 9.17) is 9.47 Å². The van der Waals surface area contributed by atoms with Crippen LogP contribution in [-0.4, -0.2) is 40.9 Å². The Hall–Kier alpha value is -1.01. The van der Waals surface area contributed by atoms with Gasteiger partial charge in [0.25, 0.3) is 0 Å².